The normalized spacial score (nSPS) is 16.6. The van der Waals surface area contributed by atoms with Crippen molar-refractivity contribution in [2.75, 3.05) is 13.2 Å². The van der Waals surface area contributed by atoms with Gasteiger partial charge in [-0.25, -0.2) is 4.79 Å². The summed E-state index contributed by atoms with van der Waals surface area (Å²) < 4.78 is 15.8. The van der Waals surface area contributed by atoms with E-state index in [2.05, 4.69) is 13.5 Å². The quantitative estimate of drug-likeness (QED) is 0.349. The monoisotopic (exact) mass is 326 g/mol. The second-order valence-electron chi connectivity index (χ2n) is 6.15. The average Bonchev–Trinajstić information content (AvgIpc) is 2.52. The van der Waals surface area contributed by atoms with Gasteiger partial charge in [0.05, 0.1) is 25.7 Å². The van der Waals surface area contributed by atoms with Crippen molar-refractivity contribution in [3.8, 4) is 0 Å². The molecule has 0 saturated carbocycles. The van der Waals surface area contributed by atoms with E-state index < -0.39 is 11.9 Å². The zero-order valence-corrected chi connectivity index (χ0v) is 14.5. The summed E-state index contributed by atoms with van der Waals surface area (Å²) in [4.78, 5) is 23.7. The zero-order valence-electron chi connectivity index (χ0n) is 14.5. The van der Waals surface area contributed by atoms with E-state index in [4.69, 9.17) is 14.2 Å². The van der Waals surface area contributed by atoms with Crippen LogP contribution in [0.1, 0.15) is 65.2 Å². The van der Waals surface area contributed by atoms with Gasteiger partial charge in [0.1, 0.15) is 6.10 Å². The Labute approximate surface area is 139 Å². The first-order chi connectivity index (χ1) is 11.0. The number of carbonyl (C=O) groups excluding carboxylic acids is 2. The van der Waals surface area contributed by atoms with Gasteiger partial charge in [0, 0.05) is 18.4 Å². The molecule has 0 unspecified atom stereocenters. The molecule has 0 aromatic heterocycles. The summed E-state index contributed by atoms with van der Waals surface area (Å²) in [6.45, 7) is 8.89. The van der Waals surface area contributed by atoms with E-state index in [9.17, 15) is 9.59 Å². The number of unbranched alkanes of at least 4 members (excludes halogenated alkanes) is 3. The summed E-state index contributed by atoms with van der Waals surface area (Å²) in [6.07, 6.45) is 6.46. The lowest BCUT2D eigenvalue weighted by atomic mass is 10.1. The SMILES string of the molecule is C=C(CC(=O)O[C@H](C)CCCCCC)C(=O)OC1CCOCC1. The molecule has 1 rings (SSSR count). The first-order valence-electron chi connectivity index (χ1n) is 8.69. The predicted octanol–water partition coefficient (Wildman–Crippen LogP) is 3.56. The number of rotatable bonds is 10. The molecule has 132 valence electrons. The van der Waals surface area contributed by atoms with Gasteiger partial charge in [0.15, 0.2) is 0 Å². The van der Waals surface area contributed by atoms with Gasteiger partial charge in [-0.15, -0.1) is 0 Å². The Bertz CT molecular complexity index is 385. The van der Waals surface area contributed by atoms with Crippen molar-refractivity contribution in [3.05, 3.63) is 12.2 Å². The standard InChI is InChI=1S/C18H30O5/c1-4-5-6-7-8-15(3)22-17(19)13-14(2)18(20)23-16-9-11-21-12-10-16/h15-16H,2,4-13H2,1,3H3/t15-/m1/s1. The van der Waals surface area contributed by atoms with Gasteiger partial charge in [0.25, 0.3) is 0 Å². The lowest BCUT2D eigenvalue weighted by Crippen LogP contribution is -2.27. The molecule has 0 N–H and O–H groups in total. The molecular formula is C18H30O5. The maximum atomic E-state index is 11.9. The molecule has 23 heavy (non-hydrogen) atoms. The Morgan fingerprint density at radius 1 is 1.22 bits per heavy atom. The van der Waals surface area contributed by atoms with E-state index >= 15 is 0 Å². The second kappa shape index (κ2) is 11.2. The van der Waals surface area contributed by atoms with Crippen molar-refractivity contribution in [1.29, 1.82) is 0 Å². The lowest BCUT2D eigenvalue weighted by molar-refractivity contribution is -0.153. The number of hydrogen-bond donors (Lipinski definition) is 0. The van der Waals surface area contributed by atoms with Crippen molar-refractivity contribution in [2.45, 2.75) is 77.4 Å². The molecule has 0 aromatic carbocycles. The molecule has 0 aliphatic carbocycles. The molecule has 0 aromatic rings. The van der Waals surface area contributed by atoms with Crippen LogP contribution in [0, 0.1) is 0 Å². The molecule has 0 spiro atoms. The number of hydrogen-bond acceptors (Lipinski definition) is 5. The predicted molar refractivity (Wildman–Crippen MR) is 88.0 cm³/mol. The van der Waals surface area contributed by atoms with Crippen LogP contribution in [0.2, 0.25) is 0 Å². The number of esters is 2. The summed E-state index contributed by atoms with van der Waals surface area (Å²) in [6, 6.07) is 0. The fourth-order valence-electron chi connectivity index (χ4n) is 2.46. The van der Waals surface area contributed by atoms with Gasteiger partial charge in [0.2, 0.25) is 0 Å². The van der Waals surface area contributed by atoms with Crippen molar-refractivity contribution in [1.82, 2.24) is 0 Å². The molecule has 5 heteroatoms. The van der Waals surface area contributed by atoms with Gasteiger partial charge >= 0.3 is 11.9 Å². The smallest absolute Gasteiger partial charge is 0.334 e. The third-order valence-corrected chi connectivity index (χ3v) is 3.89. The Balaban J connectivity index is 2.21. The lowest BCUT2D eigenvalue weighted by Gasteiger charge is -2.22. The maximum absolute atomic E-state index is 11.9. The minimum Gasteiger partial charge on any atom is -0.462 e. The Morgan fingerprint density at radius 3 is 2.57 bits per heavy atom. The molecule has 1 aliphatic heterocycles. The molecule has 0 radical (unpaired) electrons. The van der Waals surface area contributed by atoms with Gasteiger partial charge in [-0.3, -0.25) is 4.79 Å². The third kappa shape index (κ3) is 8.74. The Hall–Kier alpha value is -1.36. The highest BCUT2D eigenvalue weighted by Gasteiger charge is 2.21. The Morgan fingerprint density at radius 2 is 1.91 bits per heavy atom. The number of carbonyl (C=O) groups is 2. The van der Waals surface area contributed by atoms with Crippen LogP contribution in [0.4, 0.5) is 0 Å². The van der Waals surface area contributed by atoms with E-state index in [0.29, 0.717) is 26.1 Å². The topological polar surface area (TPSA) is 61.8 Å². The zero-order chi connectivity index (χ0) is 17.1. The van der Waals surface area contributed by atoms with Crippen molar-refractivity contribution < 1.29 is 23.8 Å². The fourth-order valence-corrected chi connectivity index (χ4v) is 2.46. The summed E-state index contributed by atoms with van der Waals surface area (Å²) in [7, 11) is 0. The summed E-state index contributed by atoms with van der Waals surface area (Å²) in [5.41, 5.74) is 0.152. The van der Waals surface area contributed by atoms with E-state index in [0.717, 1.165) is 19.3 Å². The molecule has 1 atom stereocenters. The van der Waals surface area contributed by atoms with E-state index in [-0.39, 0.29) is 24.2 Å². The molecule has 5 nitrogen and oxygen atoms in total. The summed E-state index contributed by atoms with van der Waals surface area (Å²) >= 11 is 0. The number of ether oxygens (including phenoxy) is 3. The average molecular weight is 326 g/mol. The van der Waals surface area contributed by atoms with Crippen LogP contribution in [0.15, 0.2) is 12.2 Å². The highest BCUT2D eigenvalue weighted by Crippen LogP contribution is 2.15. The summed E-state index contributed by atoms with van der Waals surface area (Å²) in [5, 5.41) is 0. The maximum Gasteiger partial charge on any atom is 0.334 e. The molecule has 1 saturated heterocycles. The van der Waals surface area contributed by atoms with E-state index in [1.165, 1.54) is 12.8 Å². The highest BCUT2D eigenvalue weighted by molar-refractivity contribution is 5.93. The van der Waals surface area contributed by atoms with Crippen LogP contribution < -0.4 is 0 Å². The Kier molecular flexibility index (Phi) is 9.60. The summed E-state index contributed by atoms with van der Waals surface area (Å²) in [5.74, 6) is -0.925. The largest absolute Gasteiger partial charge is 0.462 e. The molecule has 0 amide bonds. The van der Waals surface area contributed by atoms with Gasteiger partial charge in [-0.2, -0.15) is 0 Å². The first kappa shape index (κ1) is 19.7. The van der Waals surface area contributed by atoms with E-state index in [1.54, 1.807) is 0 Å². The third-order valence-electron chi connectivity index (χ3n) is 3.89. The molecular weight excluding hydrogens is 296 g/mol. The van der Waals surface area contributed by atoms with Crippen molar-refractivity contribution >= 4 is 11.9 Å². The minimum absolute atomic E-state index is 0.110. The van der Waals surface area contributed by atoms with Crippen LogP contribution in [0.5, 0.6) is 0 Å². The molecule has 1 aliphatic rings. The minimum atomic E-state index is -0.510. The van der Waals surface area contributed by atoms with Gasteiger partial charge in [-0.1, -0.05) is 32.8 Å². The highest BCUT2D eigenvalue weighted by atomic mass is 16.6. The van der Waals surface area contributed by atoms with Crippen molar-refractivity contribution in [3.63, 3.8) is 0 Å². The second-order valence-corrected chi connectivity index (χ2v) is 6.15. The van der Waals surface area contributed by atoms with Crippen LogP contribution in [-0.2, 0) is 23.8 Å². The van der Waals surface area contributed by atoms with Crippen molar-refractivity contribution in [2.24, 2.45) is 0 Å². The van der Waals surface area contributed by atoms with Gasteiger partial charge in [-0.05, 0) is 19.8 Å². The molecule has 1 fully saturated rings. The molecule has 0 bridgehead atoms. The van der Waals surface area contributed by atoms with Crippen LogP contribution in [-0.4, -0.2) is 37.4 Å². The van der Waals surface area contributed by atoms with Gasteiger partial charge < -0.3 is 14.2 Å². The van der Waals surface area contributed by atoms with E-state index in [1.807, 2.05) is 6.92 Å². The fraction of sp³-hybridized carbons (Fsp3) is 0.778. The van der Waals surface area contributed by atoms with Crippen LogP contribution >= 0.6 is 0 Å². The van der Waals surface area contributed by atoms with Crippen LogP contribution in [0.3, 0.4) is 0 Å². The molecule has 1 heterocycles. The van der Waals surface area contributed by atoms with Crippen LogP contribution in [0.25, 0.3) is 0 Å². The first-order valence-corrected chi connectivity index (χ1v) is 8.69.